The van der Waals surface area contributed by atoms with Gasteiger partial charge in [-0.25, -0.2) is 0 Å². The molecule has 1 saturated heterocycles. The minimum Gasteiger partial charge on any atom is -0.395 e. The van der Waals surface area contributed by atoms with Crippen molar-refractivity contribution in [3.05, 3.63) is 0 Å². The Balaban J connectivity index is 2.30. The van der Waals surface area contributed by atoms with E-state index in [4.69, 9.17) is 10.2 Å². The van der Waals surface area contributed by atoms with Crippen molar-refractivity contribution >= 4 is 11.8 Å². The topological polar surface area (TPSA) is 40.5 Å². The van der Waals surface area contributed by atoms with Crippen LogP contribution < -0.4 is 0 Å². The highest BCUT2D eigenvalue weighted by Gasteiger charge is 2.24. The minimum atomic E-state index is -0.259. The van der Waals surface area contributed by atoms with E-state index >= 15 is 0 Å². The second-order valence-corrected chi connectivity index (χ2v) is 3.29. The van der Waals surface area contributed by atoms with Gasteiger partial charge in [0.1, 0.15) is 0 Å². The van der Waals surface area contributed by atoms with Gasteiger partial charge in [-0.1, -0.05) is 0 Å². The van der Waals surface area contributed by atoms with E-state index in [9.17, 15) is 0 Å². The molecule has 2 nitrogen and oxygen atoms in total. The summed E-state index contributed by atoms with van der Waals surface area (Å²) in [5.41, 5.74) is 0. The van der Waals surface area contributed by atoms with E-state index in [0.717, 1.165) is 12.2 Å². The molecule has 2 N–H and O–H groups in total. The lowest BCUT2D eigenvalue weighted by molar-refractivity contribution is 0.145. The smallest absolute Gasteiger partial charge is 0.0688 e. The molecule has 2 unspecified atom stereocenters. The molecular formula is C5H10O2S. The van der Waals surface area contributed by atoms with E-state index in [1.54, 1.807) is 11.8 Å². The van der Waals surface area contributed by atoms with Crippen LogP contribution in [0.3, 0.4) is 0 Å². The Bertz CT molecular complexity index is 76.8. The number of thioether (sulfide) groups is 1. The van der Waals surface area contributed by atoms with E-state index in [2.05, 4.69) is 0 Å². The van der Waals surface area contributed by atoms with Crippen molar-refractivity contribution in [2.75, 3.05) is 12.4 Å². The summed E-state index contributed by atoms with van der Waals surface area (Å²) in [5, 5.41) is 17.7. The molecular weight excluding hydrogens is 124 g/mol. The molecule has 0 radical (unpaired) electrons. The van der Waals surface area contributed by atoms with Gasteiger partial charge in [-0.05, 0) is 12.2 Å². The Morgan fingerprint density at radius 3 is 2.62 bits per heavy atom. The first kappa shape index (κ1) is 6.39. The summed E-state index contributed by atoms with van der Waals surface area (Å²) in [5.74, 6) is 0.992. The molecule has 48 valence electrons. The molecule has 0 saturated carbocycles. The van der Waals surface area contributed by atoms with Crippen LogP contribution in [-0.2, 0) is 0 Å². The fraction of sp³-hybridized carbons (Fsp3) is 1.00. The first-order chi connectivity index (χ1) is 3.84. The van der Waals surface area contributed by atoms with Crippen LogP contribution in [0.1, 0.15) is 6.42 Å². The first-order valence-corrected chi connectivity index (χ1v) is 3.80. The lowest BCUT2D eigenvalue weighted by atomic mass is 10.2. The molecule has 8 heavy (non-hydrogen) atoms. The van der Waals surface area contributed by atoms with Crippen LogP contribution >= 0.6 is 11.8 Å². The van der Waals surface area contributed by atoms with E-state index in [-0.39, 0.29) is 18.0 Å². The number of aliphatic hydroxyl groups is 2. The van der Waals surface area contributed by atoms with Gasteiger partial charge in [0.2, 0.25) is 0 Å². The highest BCUT2D eigenvalue weighted by atomic mass is 32.2. The zero-order valence-electron chi connectivity index (χ0n) is 4.58. The molecule has 0 aromatic carbocycles. The first-order valence-electron chi connectivity index (χ1n) is 2.75. The summed E-state index contributed by atoms with van der Waals surface area (Å²) >= 11 is 1.65. The van der Waals surface area contributed by atoms with E-state index < -0.39 is 0 Å². The number of aliphatic hydroxyl groups excluding tert-OH is 2. The Hall–Kier alpha value is 0.270. The molecule has 2 atom stereocenters. The molecule has 0 amide bonds. The van der Waals surface area contributed by atoms with Gasteiger partial charge in [0.15, 0.2) is 0 Å². The van der Waals surface area contributed by atoms with Crippen molar-refractivity contribution < 1.29 is 10.2 Å². The minimum absolute atomic E-state index is 0.0926. The van der Waals surface area contributed by atoms with Gasteiger partial charge in [-0.15, -0.1) is 0 Å². The second kappa shape index (κ2) is 2.71. The zero-order valence-corrected chi connectivity index (χ0v) is 5.40. The van der Waals surface area contributed by atoms with Crippen molar-refractivity contribution in [3.63, 3.8) is 0 Å². The van der Waals surface area contributed by atoms with Crippen molar-refractivity contribution in [2.24, 2.45) is 0 Å². The number of hydrogen-bond donors (Lipinski definition) is 2. The van der Waals surface area contributed by atoms with Gasteiger partial charge < -0.3 is 10.2 Å². The molecule has 0 aliphatic carbocycles. The summed E-state index contributed by atoms with van der Waals surface area (Å²) in [6.07, 6.45) is 0.584. The normalized spacial score (nSPS) is 38.2. The van der Waals surface area contributed by atoms with Gasteiger partial charge in [0.05, 0.1) is 18.0 Å². The zero-order chi connectivity index (χ0) is 5.98. The quantitative estimate of drug-likeness (QED) is 0.524. The molecule has 1 fully saturated rings. The van der Waals surface area contributed by atoms with E-state index in [0.29, 0.717) is 0 Å². The maximum atomic E-state index is 9.01. The van der Waals surface area contributed by atoms with Crippen molar-refractivity contribution in [1.29, 1.82) is 0 Å². The SMILES string of the molecule is OCC1SCCC1O. The third-order valence-corrected chi connectivity index (χ3v) is 2.72. The summed E-state index contributed by atoms with van der Waals surface area (Å²) in [6, 6.07) is 0. The van der Waals surface area contributed by atoms with Crippen LogP contribution in [0.5, 0.6) is 0 Å². The number of hydrogen-bond acceptors (Lipinski definition) is 3. The Labute approximate surface area is 52.9 Å². The summed E-state index contributed by atoms with van der Waals surface area (Å²) in [7, 11) is 0. The van der Waals surface area contributed by atoms with Crippen LogP contribution in [0.4, 0.5) is 0 Å². The molecule has 3 heteroatoms. The second-order valence-electron chi connectivity index (χ2n) is 1.95. The predicted molar refractivity (Wildman–Crippen MR) is 34.0 cm³/mol. The molecule has 1 aliphatic rings. The average Bonchev–Trinajstić information content (AvgIpc) is 2.14. The molecule has 0 bridgehead atoms. The fourth-order valence-corrected chi connectivity index (χ4v) is 1.96. The van der Waals surface area contributed by atoms with Crippen LogP contribution in [-0.4, -0.2) is 33.9 Å². The Morgan fingerprint density at radius 1 is 1.62 bits per heavy atom. The van der Waals surface area contributed by atoms with Gasteiger partial charge in [0, 0.05) is 0 Å². The number of rotatable bonds is 1. The lowest BCUT2D eigenvalue weighted by Gasteiger charge is -2.07. The maximum absolute atomic E-state index is 9.01. The highest BCUT2D eigenvalue weighted by Crippen LogP contribution is 2.25. The van der Waals surface area contributed by atoms with Gasteiger partial charge in [-0.2, -0.15) is 11.8 Å². The molecule has 0 aromatic heterocycles. The molecule has 1 rings (SSSR count). The Kier molecular flexibility index (Phi) is 2.16. The predicted octanol–water partition coefficient (Wildman–Crippen LogP) is -0.155. The van der Waals surface area contributed by atoms with Crippen molar-refractivity contribution in [1.82, 2.24) is 0 Å². The Morgan fingerprint density at radius 2 is 2.38 bits per heavy atom. The van der Waals surface area contributed by atoms with Crippen LogP contribution in [0.25, 0.3) is 0 Å². The summed E-state index contributed by atoms with van der Waals surface area (Å²) < 4.78 is 0. The summed E-state index contributed by atoms with van der Waals surface area (Å²) in [6.45, 7) is 0.117. The molecule has 1 aliphatic heterocycles. The fourth-order valence-electron chi connectivity index (χ4n) is 0.812. The summed E-state index contributed by atoms with van der Waals surface area (Å²) in [4.78, 5) is 0. The van der Waals surface area contributed by atoms with Crippen LogP contribution in [0.2, 0.25) is 0 Å². The monoisotopic (exact) mass is 134 g/mol. The molecule has 1 heterocycles. The van der Waals surface area contributed by atoms with Crippen LogP contribution in [0, 0.1) is 0 Å². The van der Waals surface area contributed by atoms with Crippen LogP contribution in [0.15, 0.2) is 0 Å². The lowest BCUT2D eigenvalue weighted by Crippen LogP contribution is -2.20. The largest absolute Gasteiger partial charge is 0.395 e. The van der Waals surface area contributed by atoms with E-state index in [1.165, 1.54) is 0 Å². The van der Waals surface area contributed by atoms with E-state index in [1.807, 2.05) is 0 Å². The van der Waals surface area contributed by atoms with Crippen molar-refractivity contribution in [2.45, 2.75) is 17.8 Å². The third kappa shape index (κ3) is 1.16. The third-order valence-electron chi connectivity index (χ3n) is 1.35. The highest BCUT2D eigenvalue weighted by molar-refractivity contribution is 8.00. The standard InChI is InChI=1S/C5H10O2S/c6-3-5-4(7)1-2-8-5/h4-7H,1-3H2. The van der Waals surface area contributed by atoms with Crippen molar-refractivity contribution in [3.8, 4) is 0 Å². The molecule has 0 aromatic rings. The maximum Gasteiger partial charge on any atom is 0.0688 e. The average molecular weight is 134 g/mol. The van der Waals surface area contributed by atoms with Gasteiger partial charge >= 0.3 is 0 Å². The van der Waals surface area contributed by atoms with Gasteiger partial charge in [-0.3, -0.25) is 0 Å². The molecule has 0 spiro atoms. The van der Waals surface area contributed by atoms with Gasteiger partial charge in [0.25, 0.3) is 0 Å².